The van der Waals surface area contributed by atoms with Crippen LogP contribution in [0.25, 0.3) is 0 Å². The van der Waals surface area contributed by atoms with E-state index in [1.54, 1.807) is 6.07 Å². The lowest BCUT2D eigenvalue weighted by molar-refractivity contribution is -0.384. The summed E-state index contributed by atoms with van der Waals surface area (Å²) < 4.78 is 0. The lowest BCUT2D eigenvalue weighted by Crippen LogP contribution is -2.24. The molecule has 0 amide bonds. The zero-order chi connectivity index (χ0) is 16.0. The summed E-state index contributed by atoms with van der Waals surface area (Å²) in [6.07, 6.45) is 0.466. The second kappa shape index (κ2) is 7.24. The molecule has 7 nitrogen and oxygen atoms in total. The summed E-state index contributed by atoms with van der Waals surface area (Å²) in [5.41, 5.74) is -0.219. The summed E-state index contributed by atoms with van der Waals surface area (Å²) in [5, 5.41) is 31.9. The van der Waals surface area contributed by atoms with Gasteiger partial charge in [-0.15, -0.1) is 0 Å². The molecule has 0 aromatic heterocycles. The molecule has 1 rings (SSSR count). The maximum absolute atomic E-state index is 11.2. The van der Waals surface area contributed by atoms with Crippen LogP contribution >= 0.6 is 0 Å². The number of nitrogens with one attached hydrogen (secondary N) is 1. The smallest absolute Gasteiger partial charge is 0.309 e. The number of aliphatic carboxylic acids is 1. The van der Waals surface area contributed by atoms with Gasteiger partial charge in [-0.3, -0.25) is 14.9 Å². The average Bonchev–Trinajstić information content (AvgIpc) is 2.41. The number of carboxylic acids is 1. The Kier molecular flexibility index (Phi) is 5.67. The summed E-state index contributed by atoms with van der Waals surface area (Å²) in [7, 11) is 0. The Hall–Kier alpha value is -2.62. The first kappa shape index (κ1) is 16.4. The second-order valence-corrected chi connectivity index (χ2v) is 5.12. The molecule has 1 unspecified atom stereocenters. The van der Waals surface area contributed by atoms with Crippen molar-refractivity contribution in [3.8, 4) is 6.07 Å². The van der Waals surface area contributed by atoms with Gasteiger partial charge in [0.2, 0.25) is 0 Å². The topological polar surface area (TPSA) is 116 Å². The number of carboxylic acid groups (broad SMARTS) is 1. The van der Waals surface area contributed by atoms with Crippen molar-refractivity contribution in [2.75, 3.05) is 11.9 Å². The molecule has 1 aromatic carbocycles. The van der Waals surface area contributed by atoms with Gasteiger partial charge in [-0.05, 0) is 24.5 Å². The molecule has 0 fully saturated rings. The molecular weight excluding hydrogens is 274 g/mol. The van der Waals surface area contributed by atoms with E-state index in [1.807, 2.05) is 13.8 Å². The van der Waals surface area contributed by atoms with E-state index in [0.29, 0.717) is 6.42 Å². The highest BCUT2D eigenvalue weighted by molar-refractivity contribution is 5.72. The van der Waals surface area contributed by atoms with Gasteiger partial charge in [-0.25, -0.2) is 0 Å². The number of nitro benzene ring substituents is 1. The van der Waals surface area contributed by atoms with Gasteiger partial charge in [0.15, 0.2) is 0 Å². The summed E-state index contributed by atoms with van der Waals surface area (Å²) in [6.45, 7) is 3.90. The number of benzene rings is 1. The van der Waals surface area contributed by atoms with Crippen molar-refractivity contribution in [2.45, 2.75) is 20.3 Å². The van der Waals surface area contributed by atoms with Crippen LogP contribution in [0.4, 0.5) is 11.4 Å². The standard InChI is InChI=1S/C14H17N3O4/c1-9(2)6-11(14(18)19)8-16-12-5-3-4-10(7-15)13(12)17(20)21/h3-5,9,11,16H,6,8H2,1-2H3,(H,18,19). The zero-order valence-corrected chi connectivity index (χ0v) is 11.9. The molecule has 0 radical (unpaired) electrons. The molecule has 0 bridgehead atoms. The average molecular weight is 291 g/mol. The molecule has 112 valence electrons. The van der Waals surface area contributed by atoms with Crippen LogP contribution in [0.15, 0.2) is 18.2 Å². The van der Waals surface area contributed by atoms with Crippen LogP contribution in [0.5, 0.6) is 0 Å². The third-order valence-corrected chi connectivity index (χ3v) is 2.98. The van der Waals surface area contributed by atoms with Gasteiger partial charge in [-0.2, -0.15) is 5.26 Å². The number of nitriles is 1. The Morgan fingerprint density at radius 1 is 1.52 bits per heavy atom. The summed E-state index contributed by atoms with van der Waals surface area (Å²) >= 11 is 0. The van der Waals surface area contributed by atoms with Crippen molar-refractivity contribution >= 4 is 17.3 Å². The van der Waals surface area contributed by atoms with Crippen LogP contribution < -0.4 is 5.32 Å². The minimum atomic E-state index is -0.949. The molecule has 0 spiro atoms. The van der Waals surface area contributed by atoms with Crippen molar-refractivity contribution in [3.63, 3.8) is 0 Å². The van der Waals surface area contributed by atoms with Crippen molar-refractivity contribution in [1.82, 2.24) is 0 Å². The third kappa shape index (κ3) is 4.45. The largest absolute Gasteiger partial charge is 0.481 e. The highest BCUT2D eigenvalue weighted by Crippen LogP contribution is 2.28. The Morgan fingerprint density at radius 3 is 2.67 bits per heavy atom. The SMILES string of the molecule is CC(C)CC(CNc1cccc(C#N)c1[N+](=O)[O-])C(=O)O. The lowest BCUT2D eigenvalue weighted by atomic mass is 9.97. The molecule has 1 aromatic rings. The van der Waals surface area contributed by atoms with Crippen molar-refractivity contribution < 1.29 is 14.8 Å². The number of carbonyl (C=O) groups is 1. The Labute approximate surface area is 122 Å². The van der Waals surface area contributed by atoms with Crippen LogP contribution in [-0.2, 0) is 4.79 Å². The van der Waals surface area contributed by atoms with Gasteiger partial charge in [0, 0.05) is 6.54 Å². The molecule has 7 heteroatoms. The van der Waals surface area contributed by atoms with Gasteiger partial charge >= 0.3 is 11.7 Å². The minimum absolute atomic E-state index is 0.0549. The maximum Gasteiger partial charge on any atom is 0.309 e. The van der Waals surface area contributed by atoms with Gasteiger partial charge in [-0.1, -0.05) is 19.9 Å². The number of anilines is 1. The molecule has 2 N–H and O–H groups in total. The van der Waals surface area contributed by atoms with E-state index in [1.165, 1.54) is 18.2 Å². The molecule has 0 saturated carbocycles. The number of nitro groups is 1. The lowest BCUT2D eigenvalue weighted by Gasteiger charge is -2.16. The van der Waals surface area contributed by atoms with Crippen LogP contribution in [-0.4, -0.2) is 22.5 Å². The molecule has 21 heavy (non-hydrogen) atoms. The fourth-order valence-corrected chi connectivity index (χ4v) is 2.05. The first-order chi connectivity index (χ1) is 9.86. The van der Waals surface area contributed by atoms with Crippen LogP contribution in [0.1, 0.15) is 25.8 Å². The molecular formula is C14H17N3O4. The van der Waals surface area contributed by atoms with E-state index in [4.69, 9.17) is 10.4 Å². The fraction of sp³-hybridized carbons (Fsp3) is 0.429. The minimum Gasteiger partial charge on any atom is -0.481 e. The van der Waals surface area contributed by atoms with Gasteiger partial charge in [0.1, 0.15) is 17.3 Å². The van der Waals surface area contributed by atoms with Gasteiger partial charge in [0.05, 0.1) is 10.8 Å². The van der Waals surface area contributed by atoms with E-state index in [2.05, 4.69) is 5.32 Å². The number of rotatable bonds is 7. The number of nitrogens with zero attached hydrogens (tertiary/aromatic N) is 2. The summed E-state index contributed by atoms with van der Waals surface area (Å²) in [4.78, 5) is 21.6. The highest BCUT2D eigenvalue weighted by atomic mass is 16.6. The van der Waals surface area contributed by atoms with Crippen molar-refractivity contribution in [3.05, 3.63) is 33.9 Å². The van der Waals surface area contributed by atoms with Crippen LogP contribution in [0, 0.1) is 33.3 Å². The molecule has 0 saturated heterocycles. The van der Waals surface area contributed by atoms with E-state index < -0.39 is 16.8 Å². The van der Waals surface area contributed by atoms with E-state index in [9.17, 15) is 14.9 Å². The normalized spacial score (nSPS) is 11.7. The fourth-order valence-electron chi connectivity index (χ4n) is 2.05. The summed E-state index contributed by atoms with van der Waals surface area (Å²) in [5.74, 6) is -1.39. The second-order valence-electron chi connectivity index (χ2n) is 5.12. The van der Waals surface area contributed by atoms with E-state index >= 15 is 0 Å². The first-order valence-corrected chi connectivity index (χ1v) is 6.51. The van der Waals surface area contributed by atoms with E-state index in [-0.39, 0.29) is 29.4 Å². The monoisotopic (exact) mass is 291 g/mol. The zero-order valence-electron chi connectivity index (χ0n) is 11.9. The quantitative estimate of drug-likeness (QED) is 0.589. The van der Waals surface area contributed by atoms with Crippen LogP contribution in [0.2, 0.25) is 0 Å². The molecule has 0 heterocycles. The number of hydrogen-bond acceptors (Lipinski definition) is 5. The molecule has 0 aliphatic heterocycles. The molecule has 0 aliphatic carbocycles. The highest BCUT2D eigenvalue weighted by Gasteiger charge is 2.23. The third-order valence-electron chi connectivity index (χ3n) is 2.98. The summed E-state index contributed by atoms with van der Waals surface area (Å²) in [6, 6.07) is 6.10. The Morgan fingerprint density at radius 2 is 2.19 bits per heavy atom. The van der Waals surface area contributed by atoms with Crippen molar-refractivity contribution in [1.29, 1.82) is 5.26 Å². The Bertz CT molecular complexity index is 578. The van der Waals surface area contributed by atoms with Crippen LogP contribution in [0.3, 0.4) is 0 Å². The van der Waals surface area contributed by atoms with Gasteiger partial charge < -0.3 is 10.4 Å². The van der Waals surface area contributed by atoms with Gasteiger partial charge in [0.25, 0.3) is 0 Å². The predicted octanol–water partition coefficient (Wildman–Crippen LogP) is 2.63. The maximum atomic E-state index is 11.2. The van der Waals surface area contributed by atoms with Crippen molar-refractivity contribution in [2.24, 2.45) is 11.8 Å². The number of hydrogen-bond donors (Lipinski definition) is 2. The number of para-hydroxylation sites is 1. The first-order valence-electron chi connectivity index (χ1n) is 6.51. The molecule has 1 atom stereocenters. The molecule has 0 aliphatic rings. The Balaban J connectivity index is 2.95. The van der Waals surface area contributed by atoms with E-state index in [0.717, 1.165) is 0 Å². The predicted molar refractivity (Wildman–Crippen MR) is 76.9 cm³/mol.